The van der Waals surface area contributed by atoms with Crippen LogP contribution in [0.4, 0.5) is 4.79 Å². The molecule has 1 aromatic heterocycles. The number of rotatable bonds is 2. The van der Waals surface area contributed by atoms with E-state index in [9.17, 15) is 4.79 Å². The maximum absolute atomic E-state index is 12.0. The van der Waals surface area contributed by atoms with E-state index in [0.29, 0.717) is 19.6 Å². The van der Waals surface area contributed by atoms with Gasteiger partial charge >= 0.3 is 6.09 Å². The molecule has 20 heavy (non-hydrogen) atoms. The van der Waals surface area contributed by atoms with Gasteiger partial charge in [-0.1, -0.05) is 5.21 Å². The van der Waals surface area contributed by atoms with Crippen LogP contribution in [0.15, 0.2) is 6.20 Å². The summed E-state index contributed by atoms with van der Waals surface area (Å²) in [5.74, 6) is 0. The lowest BCUT2D eigenvalue weighted by molar-refractivity contribution is 0.0184. The molecule has 112 valence electrons. The van der Waals surface area contributed by atoms with Gasteiger partial charge in [0.1, 0.15) is 5.60 Å². The topological polar surface area (TPSA) is 86.3 Å². The predicted octanol–water partition coefficient (Wildman–Crippen LogP) is 1.31. The first-order valence-electron chi connectivity index (χ1n) is 6.98. The third-order valence-corrected chi connectivity index (χ3v) is 3.26. The third kappa shape index (κ3) is 3.69. The Morgan fingerprint density at radius 2 is 2.10 bits per heavy atom. The molecule has 0 bridgehead atoms. The first kappa shape index (κ1) is 14.8. The van der Waals surface area contributed by atoms with Crippen LogP contribution in [0.1, 0.15) is 45.3 Å². The van der Waals surface area contributed by atoms with Crippen LogP contribution in [0.5, 0.6) is 0 Å². The van der Waals surface area contributed by atoms with Crippen molar-refractivity contribution in [3.63, 3.8) is 0 Å². The second-order valence-corrected chi connectivity index (χ2v) is 6.09. The van der Waals surface area contributed by atoms with E-state index in [1.54, 1.807) is 4.90 Å². The number of likely N-dealkylation sites (tertiary alicyclic amines) is 1. The lowest BCUT2D eigenvalue weighted by Gasteiger charge is -2.33. The van der Waals surface area contributed by atoms with Gasteiger partial charge in [-0.05, 0) is 33.6 Å². The van der Waals surface area contributed by atoms with Crippen LogP contribution >= 0.6 is 0 Å². The summed E-state index contributed by atoms with van der Waals surface area (Å²) in [5.41, 5.74) is 5.87. The van der Waals surface area contributed by atoms with Crippen LogP contribution in [0.3, 0.4) is 0 Å². The molecule has 1 aliphatic heterocycles. The average Bonchev–Trinajstić information content (AvgIpc) is 2.85. The molecule has 1 aliphatic rings. The number of nitrogens with zero attached hydrogens (tertiary/aromatic N) is 4. The third-order valence-electron chi connectivity index (χ3n) is 3.26. The van der Waals surface area contributed by atoms with Crippen molar-refractivity contribution in [2.75, 3.05) is 13.1 Å². The quantitative estimate of drug-likeness (QED) is 0.883. The molecule has 2 heterocycles. The molecule has 7 nitrogen and oxygen atoms in total. The number of ether oxygens (including phenoxy) is 1. The number of hydrogen-bond acceptors (Lipinski definition) is 5. The standard InChI is InChI=1S/C13H23N5O2/c1-13(2,3)20-12(19)17-6-4-11(5-7-17)18-9-10(8-14)15-16-18/h9,11H,4-8,14H2,1-3H3. The minimum Gasteiger partial charge on any atom is -0.444 e. The van der Waals surface area contributed by atoms with E-state index in [1.807, 2.05) is 31.6 Å². The molecule has 1 aromatic rings. The Morgan fingerprint density at radius 1 is 1.45 bits per heavy atom. The van der Waals surface area contributed by atoms with E-state index in [2.05, 4.69) is 10.3 Å². The molecule has 2 N–H and O–H groups in total. The highest BCUT2D eigenvalue weighted by atomic mass is 16.6. The minimum atomic E-state index is -0.449. The minimum absolute atomic E-state index is 0.239. The average molecular weight is 281 g/mol. The Bertz CT molecular complexity index is 458. The number of carbonyl (C=O) groups is 1. The SMILES string of the molecule is CC(C)(C)OC(=O)N1CCC(n2cc(CN)nn2)CC1. The molecule has 0 saturated carbocycles. The maximum Gasteiger partial charge on any atom is 0.410 e. The summed E-state index contributed by atoms with van der Waals surface area (Å²) in [5, 5.41) is 8.09. The van der Waals surface area contributed by atoms with Crippen molar-refractivity contribution in [2.24, 2.45) is 5.73 Å². The van der Waals surface area contributed by atoms with Gasteiger partial charge in [0, 0.05) is 19.6 Å². The normalized spacial score (nSPS) is 17.3. The molecule has 1 fully saturated rings. The van der Waals surface area contributed by atoms with E-state index in [1.165, 1.54) is 0 Å². The van der Waals surface area contributed by atoms with E-state index >= 15 is 0 Å². The van der Waals surface area contributed by atoms with Crippen LogP contribution in [0.2, 0.25) is 0 Å². The van der Waals surface area contributed by atoms with Gasteiger partial charge < -0.3 is 15.4 Å². The monoisotopic (exact) mass is 281 g/mol. The molecule has 1 saturated heterocycles. The second-order valence-electron chi connectivity index (χ2n) is 6.09. The maximum atomic E-state index is 12.0. The molecule has 7 heteroatoms. The smallest absolute Gasteiger partial charge is 0.410 e. The number of nitrogens with two attached hydrogens (primary N) is 1. The zero-order valence-electron chi connectivity index (χ0n) is 12.4. The first-order chi connectivity index (χ1) is 9.39. The number of piperidine rings is 1. The van der Waals surface area contributed by atoms with Gasteiger partial charge in [0.15, 0.2) is 0 Å². The molecule has 0 atom stereocenters. The van der Waals surface area contributed by atoms with Crippen molar-refractivity contribution in [3.8, 4) is 0 Å². The summed E-state index contributed by atoms with van der Waals surface area (Å²) in [4.78, 5) is 13.7. The highest BCUT2D eigenvalue weighted by Crippen LogP contribution is 2.23. The van der Waals surface area contributed by atoms with Crippen molar-refractivity contribution in [3.05, 3.63) is 11.9 Å². The van der Waals surface area contributed by atoms with Crippen LogP contribution in [-0.4, -0.2) is 44.7 Å². The van der Waals surface area contributed by atoms with Gasteiger partial charge in [-0.25, -0.2) is 9.48 Å². The van der Waals surface area contributed by atoms with Gasteiger partial charge in [0.25, 0.3) is 0 Å². The first-order valence-corrected chi connectivity index (χ1v) is 6.98. The zero-order valence-corrected chi connectivity index (χ0v) is 12.4. The van der Waals surface area contributed by atoms with Crippen LogP contribution < -0.4 is 5.73 Å². The molecule has 0 spiro atoms. The molecule has 0 radical (unpaired) electrons. The molecular weight excluding hydrogens is 258 g/mol. The van der Waals surface area contributed by atoms with E-state index in [-0.39, 0.29) is 12.1 Å². The number of amides is 1. The fourth-order valence-electron chi connectivity index (χ4n) is 2.22. The molecule has 1 amide bonds. The summed E-state index contributed by atoms with van der Waals surface area (Å²) >= 11 is 0. The number of carbonyl (C=O) groups excluding carboxylic acids is 1. The predicted molar refractivity (Wildman–Crippen MR) is 74.0 cm³/mol. The lowest BCUT2D eigenvalue weighted by atomic mass is 10.1. The summed E-state index contributed by atoms with van der Waals surface area (Å²) in [6.45, 7) is 7.38. The van der Waals surface area contributed by atoms with E-state index < -0.39 is 5.60 Å². The molecule has 2 rings (SSSR count). The summed E-state index contributed by atoms with van der Waals surface area (Å²) in [7, 11) is 0. The van der Waals surface area contributed by atoms with Crippen molar-refractivity contribution in [1.82, 2.24) is 19.9 Å². The molecule has 0 aromatic carbocycles. The van der Waals surface area contributed by atoms with Gasteiger partial charge in [-0.3, -0.25) is 0 Å². The Morgan fingerprint density at radius 3 is 2.60 bits per heavy atom. The van der Waals surface area contributed by atoms with Gasteiger partial charge in [-0.2, -0.15) is 0 Å². The highest BCUT2D eigenvalue weighted by Gasteiger charge is 2.27. The number of aromatic nitrogens is 3. The number of hydrogen-bond donors (Lipinski definition) is 1. The fraction of sp³-hybridized carbons (Fsp3) is 0.769. The largest absolute Gasteiger partial charge is 0.444 e. The van der Waals surface area contributed by atoms with Crippen molar-refractivity contribution in [2.45, 2.75) is 51.8 Å². The molecule has 0 unspecified atom stereocenters. The van der Waals surface area contributed by atoms with Gasteiger partial charge in [0.2, 0.25) is 0 Å². The zero-order chi connectivity index (χ0) is 14.8. The summed E-state index contributed by atoms with van der Waals surface area (Å²) in [6, 6.07) is 0.279. The van der Waals surface area contributed by atoms with Crippen LogP contribution in [-0.2, 0) is 11.3 Å². The Hall–Kier alpha value is -1.63. The Balaban J connectivity index is 1.87. The van der Waals surface area contributed by atoms with Crippen molar-refractivity contribution >= 4 is 6.09 Å². The highest BCUT2D eigenvalue weighted by molar-refractivity contribution is 5.68. The molecular formula is C13H23N5O2. The summed E-state index contributed by atoms with van der Waals surface area (Å²) < 4.78 is 7.23. The van der Waals surface area contributed by atoms with Gasteiger partial charge in [0.05, 0.1) is 17.9 Å². The van der Waals surface area contributed by atoms with E-state index in [4.69, 9.17) is 10.5 Å². The van der Waals surface area contributed by atoms with Crippen molar-refractivity contribution < 1.29 is 9.53 Å². The van der Waals surface area contributed by atoms with Gasteiger partial charge in [-0.15, -0.1) is 5.10 Å². The lowest BCUT2D eigenvalue weighted by Crippen LogP contribution is -2.42. The fourth-order valence-corrected chi connectivity index (χ4v) is 2.22. The second kappa shape index (κ2) is 5.78. The summed E-state index contributed by atoms with van der Waals surface area (Å²) in [6.07, 6.45) is 3.35. The molecule has 0 aliphatic carbocycles. The van der Waals surface area contributed by atoms with Crippen LogP contribution in [0, 0.1) is 0 Å². The van der Waals surface area contributed by atoms with E-state index in [0.717, 1.165) is 18.5 Å². The Kier molecular flexibility index (Phi) is 4.27. The van der Waals surface area contributed by atoms with Crippen LogP contribution in [0.25, 0.3) is 0 Å². The Labute approximate surface area is 119 Å². The van der Waals surface area contributed by atoms with Crippen molar-refractivity contribution in [1.29, 1.82) is 0 Å².